The van der Waals surface area contributed by atoms with Crippen LogP contribution in [0.15, 0.2) is 29.6 Å². The summed E-state index contributed by atoms with van der Waals surface area (Å²) in [5.74, 6) is -0.288. The summed E-state index contributed by atoms with van der Waals surface area (Å²) in [5, 5.41) is 15.9. The van der Waals surface area contributed by atoms with Crippen LogP contribution in [-0.4, -0.2) is 29.3 Å². The molecule has 4 nitrogen and oxygen atoms in total. The average Bonchev–Trinajstić information content (AvgIpc) is 2.87. The Hall–Kier alpha value is -1.34. The zero-order valence-electron chi connectivity index (χ0n) is 11.9. The van der Waals surface area contributed by atoms with Gasteiger partial charge in [-0.15, -0.1) is 11.3 Å². The predicted molar refractivity (Wildman–Crippen MR) is 80.6 cm³/mol. The van der Waals surface area contributed by atoms with Crippen LogP contribution < -0.4 is 5.32 Å². The van der Waals surface area contributed by atoms with E-state index < -0.39 is 6.10 Å². The molecule has 0 radical (unpaired) electrons. The molecule has 0 aliphatic rings. The fourth-order valence-corrected chi connectivity index (χ4v) is 2.55. The van der Waals surface area contributed by atoms with Gasteiger partial charge in [0.2, 0.25) is 0 Å². The molecule has 0 saturated carbocycles. The summed E-state index contributed by atoms with van der Waals surface area (Å²) in [5.41, 5.74) is 1.50. The third-order valence-corrected chi connectivity index (χ3v) is 3.82. The number of rotatable bonds is 8. The van der Waals surface area contributed by atoms with Crippen molar-refractivity contribution in [2.75, 3.05) is 13.2 Å². The van der Waals surface area contributed by atoms with E-state index in [0.717, 1.165) is 10.7 Å². The molecule has 114 valence electrons. The van der Waals surface area contributed by atoms with Crippen molar-refractivity contribution >= 4 is 11.3 Å². The van der Waals surface area contributed by atoms with Gasteiger partial charge >= 0.3 is 0 Å². The number of nitrogens with zero attached hydrogens (tertiary/aromatic N) is 1. The van der Waals surface area contributed by atoms with E-state index in [4.69, 9.17) is 4.74 Å². The largest absolute Gasteiger partial charge is 0.389 e. The summed E-state index contributed by atoms with van der Waals surface area (Å²) < 4.78 is 18.7. The Morgan fingerprint density at radius 1 is 1.43 bits per heavy atom. The second kappa shape index (κ2) is 8.19. The van der Waals surface area contributed by atoms with Crippen molar-refractivity contribution in [2.24, 2.45) is 0 Å². The lowest BCUT2D eigenvalue weighted by molar-refractivity contribution is 0.0277. The lowest BCUT2D eigenvalue weighted by Crippen LogP contribution is -2.30. The Morgan fingerprint density at radius 3 is 2.95 bits per heavy atom. The standard InChI is InChI=1S/C15H19FN2O2S/c1-11-10-21-15(18-11)7-17-6-13(19)9-20-8-12-4-2-3-5-14(12)16/h2-5,10,13,17,19H,6-9H2,1H3. The van der Waals surface area contributed by atoms with Crippen LogP contribution in [0.2, 0.25) is 0 Å². The highest BCUT2D eigenvalue weighted by Crippen LogP contribution is 2.08. The van der Waals surface area contributed by atoms with Gasteiger partial charge in [-0.05, 0) is 13.0 Å². The van der Waals surface area contributed by atoms with Crippen LogP contribution in [-0.2, 0) is 17.9 Å². The van der Waals surface area contributed by atoms with Crippen LogP contribution in [0, 0.1) is 12.7 Å². The maximum Gasteiger partial charge on any atom is 0.128 e. The van der Waals surface area contributed by atoms with Crippen molar-refractivity contribution in [3.05, 3.63) is 51.7 Å². The van der Waals surface area contributed by atoms with E-state index in [1.54, 1.807) is 29.5 Å². The van der Waals surface area contributed by atoms with Gasteiger partial charge in [0.05, 0.1) is 19.3 Å². The Morgan fingerprint density at radius 2 is 2.24 bits per heavy atom. The molecule has 1 aromatic carbocycles. The molecule has 2 N–H and O–H groups in total. The number of thiazole rings is 1. The van der Waals surface area contributed by atoms with Gasteiger partial charge in [-0.1, -0.05) is 18.2 Å². The van der Waals surface area contributed by atoms with Gasteiger partial charge in [-0.2, -0.15) is 0 Å². The SMILES string of the molecule is Cc1csc(CNCC(O)COCc2ccccc2F)n1. The lowest BCUT2D eigenvalue weighted by atomic mass is 10.2. The summed E-state index contributed by atoms with van der Waals surface area (Å²) in [7, 11) is 0. The van der Waals surface area contributed by atoms with Crippen molar-refractivity contribution in [1.29, 1.82) is 0 Å². The Labute approximate surface area is 127 Å². The highest BCUT2D eigenvalue weighted by molar-refractivity contribution is 7.09. The number of benzene rings is 1. The van der Waals surface area contributed by atoms with Crippen LogP contribution in [0.3, 0.4) is 0 Å². The van der Waals surface area contributed by atoms with Crippen molar-refractivity contribution in [3.63, 3.8) is 0 Å². The van der Waals surface area contributed by atoms with Crippen LogP contribution in [0.5, 0.6) is 0 Å². The molecule has 0 bridgehead atoms. The molecular weight excluding hydrogens is 291 g/mol. The third kappa shape index (κ3) is 5.51. The minimum absolute atomic E-state index is 0.162. The molecule has 2 rings (SSSR count). The number of nitrogens with one attached hydrogen (secondary N) is 1. The van der Waals surface area contributed by atoms with Gasteiger partial charge < -0.3 is 15.2 Å². The number of hydrogen-bond acceptors (Lipinski definition) is 5. The van der Waals surface area contributed by atoms with Crippen molar-refractivity contribution in [2.45, 2.75) is 26.2 Å². The van der Waals surface area contributed by atoms with Crippen molar-refractivity contribution in [1.82, 2.24) is 10.3 Å². The van der Waals surface area contributed by atoms with E-state index in [1.165, 1.54) is 6.07 Å². The zero-order valence-corrected chi connectivity index (χ0v) is 12.7. The first-order valence-electron chi connectivity index (χ1n) is 6.76. The fraction of sp³-hybridized carbons (Fsp3) is 0.400. The van der Waals surface area contributed by atoms with Gasteiger partial charge in [-0.3, -0.25) is 0 Å². The summed E-state index contributed by atoms with van der Waals surface area (Å²) in [6.45, 7) is 3.32. The fourth-order valence-electron chi connectivity index (χ4n) is 1.81. The summed E-state index contributed by atoms with van der Waals surface area (Å²) in [6.07, 6.45) is -0.627. The third-order valence-electron chi connectivity index (χ3n) is 2.85. The van der Waals surface area contributed by atoms with Crippen LogP contribution in [0.1, 0.15) is 16.3 Å². The van der Waals surface area contributed by atoms with Gasteiger partial charge in [0.15, 0.2) is 0 Å². The number of aliphatic hydroxyl groups is 1. The number of halogens is 1. The molecule has 21 heavy (non-hydrogen) atoms. The summed E-state index contributed by atoms with van der Waals surface area (Å²) in [4.78, 5) is 4.32. The van der Waals surface area contributed by atoms with E-state index in [2.05, 4.69) is 10.3 Å². The highest BCUT2D eigenvalue weighted by Gasteiger charge is 2.06. The van der Waals surface area contributed by atoms with E-state index >= 15 is 0 Å². The summed E-state index contributed by atoms with van der Waals surface area (Å²) in [6, 6.07) is 6.46. The molecule has 0 fully saturated rings. The monoisotopic (exact) mass is 310 g/mol. The Kier molecular flexibility index (Phi) is 6.25. The maximum absolute atomic E-state index is 13.3. The highest BCUT2D eigenvalue weighted by atomic mass is 32.1. The molecule has 2 aromatic rings. The van der Waals surface area contributed by atoms with Crippen molar-refractivity contribution < 1.29 is 14.2 Å². The molecule has 0 aliphatic carbocycles. The molecule has 0 amide bonds. The molecule has 0 saturated heterocycles. The Bertz CT molecular complexity index is 562. The van der Waals surface area contributed by atoms with Crippen LogP contribution >= 0.6 is 11.3 Å². The first-order valence-corrected chi connectivity index (χ1v) is 7.64. The Balaban J connectivity index is 1.61. The second-order valence-corrected chi connectivity index (χ2v) is 5.72. The van der Waals surface area contributed by atoms with Crippen LogP contribution in [0.4, 0.5) is 4.39 Å². The minimum atomic E-state index is -0.627. The molecule has 6 heteroatoms. The van der Waals surface area contributed by atoms with E-state index in [-0.39, 0.29) is 19.0 Å². The number of hydrogen-bond donors (Lipinski definition) is 2. The normalized spacial score (nSPS) is 12.5. The van der Waals surface area contributed by atoms with Gasteiger partial charge in [0.25, 0.3) is 0 Å². The first kappa shape index (κ1) is 16.0. The molecular formula is C15H19FN2O2S. The zero-order chi connectivity index (χ0) is 15.1. The minimum Gasteiger partial charge on any atom is -0.389 e. The lowest BCUT2D eigenvalue weighted by Gasteiger charge is -2.12. The van der Waals surface area contributed by atoms with E-state index in [9.17, 15) is 9.50 Å². The number of aromatic nitrogens is 1. The molecule has 1 unspecified atom stereocenters. The van der Waals surface area contributed by atoms with E-state index in [1.807, 2.05) is 12.3 Å². The van der Waals surface area contributed by atoms with Crippen molar-refractivity contribution in [3.8, 4) is 0 Å². The first-order chi connectivity index (χ1) is 10.1. The number of aryl methyl sites for hydroxylation is 1. The van der Waals surface area contributed by atoms with Gasteiger partial charge in [0.1, 0.15) is 10.8 Å². The van der Waals surface area contributed by atoms with Gasteiger partial charge in [-0.25, -0.2) is 9.37 Å². The maximum atomic E-state index is 13.3. The summed E-state index contributed by atoms with van der Waals surface area (Å²) >= 11 is 1.59. The average molecular weight is 310 g/mol. The molecule has 1 aromatic heterocycles. The van der Waals surface area contributed by atoms with Gasteiger partial charge in [0, 0.05) is 29.7 Å². The van der Waals surface area contributed by atoms with Crippen LogP contribution in [0.25, 0.3) is 0 Å². The number of ether oxygens (including phenoxy) is 1. The second-order valence-electron chi connectivity index (χ2n) is 4.77. The molecule has 1 atom stereocenters. The predicted octanol–water partition coefficient (Wildman–Crippen LogP) is 2.26. The quantitative estimate of drug-likeness (QED) is 0.785. The van der Waals surface area contributed by atoms with E-state index in [0.29, 0.717) is 18.7 Å². The smallest absolute Gasteiger partial charge is 0.128 e. The molecule has 0 aliphatic heterocycles. The molecule has 0 spiro atoms. The number of aliphatic hydroxyl groups excluding tert-OH is 1. The topological polar surface area (TPSA) is 54.4 Å². The molecule has 1 heterocycles.